The number of rotatable bonds is 6. The Morgan fingerprint density at radius 3 is 2.36 bits per heavy atom. The molecule has 10 heteroatoms. The molecule has 1 fully saturated rings. The maximum absolute atomic E-state index is 15.5. The van der Waals surface area contributed by atoms with Crippen molar-refractivity contribution >= 4 is 23.4 Å². The number of hydrogen-bond donors (Lipinski definition) is 1. The standard InChI is InChI=1S/C23H19FN4O5/c24-18-19(33-23(30)15-9-5-2-6-10-15)17(12-31-22(29)14-7-3-1-4-8-14)32-21(18)28-20-16(27-28)11-25-13-26-20/h1-11,13,17-19,21,28H,12H2. The highest BCUT2D eigenvalue weighted by molar-refractivity contribution is 5.90. The van der Waals surface area contributed by atoms with E-state index in [-0.39, 0.29) is 12.2 Å². The molecule has 1 N–H and O–H groups in total. The molecule has 0 spiro atoms. The van der Waals surface area contributed by atoms with Crippen LogP contribution in [0.25, 0.3) is 5.43 Å². The van der Waals surface area contributed by atoms with Crippen molar-refractivity contribution in [2.75, 3.05) is 6.61 Å². The number of alkyl halides is 1. The molecule has 0 amide bonds. The van der Waals surface area contributed by atoms with Gasteiger partial charge < -0.3 is 24.6 Å². The third kappa shape index (κ3) is 4.13. The summed E-state index contributed by atoms with van der Waals surface area (Å²) in [7, 11) is 0. The van der Waals surface area contributed by atoms with Crippen LogP contribution in [0.2, 0.25) is 0 Å². The maximum Gasteiger partial charge on any atom is 0.338 e. The Hall–Kier alpha value is -3.89. The van der Waals surface area contributed by atoms with Crippen LogP contribution in [-0.2, 0) is 14.2 Å². The Morgan fingerprint density at radius 2 is 1.70 bits per heavy atom. The fraction of sp³-hybridized carbons (Fsp3) is 0.217. The predicted octanol–water partition coefficient (Wildman–Crippen LogP) is 2.07. The lowest BCUT2D eigenvalue weighted by molar-refractivity contribution is -0.864. The van der Waals surface area contributed by atoms with Crippen molar-refractivity contribution in [1.29, 1.82) is 0 Å². The first-order valence-electron chi connectivity index (χ1n) is 10.3. The van der Waals surface area contributed by atoms with E-state index >= 15 is 4.39 Å². The molecule has 1 aromatic heterocycles. The van der Waals surface area contributed by atoms with Crippen LogP contribution in [0.5, 0.6) is 0 Å². The average molecular weight is 450 g/mol. The molecule has 0 bridgehead atoms. The van der Waals surface area contributed by atoms with Crippen molar-refractivity contribution in [3.63, 3.8) is 0 Å². The van der Waals surface area contributed by atoms with Gasteiger partial charge in [-0.1, -0.05) is 36.4 Å². The molecule has 0 saturated carbocycles. The number of carbonyl (C=O) groups is 2. The number of nitrogens with zero attached hydrogens (tertiary/aromatic N) is 3. The molecule has 1 saturated heterocycles. The second kappa shape index (κ2) is 8.93. The van der Waals surface area contributed by atoms with Gasteiger partial charge in [0.15, 0.2) is 6.10 Å². The molecule has 0 radical (unpaired) electrons. The molecular weight excluding hydrogens is 431 g/mol. The fourth-order valence-electron chi connectivity index (χ4n) is 3.72. The molecular formula is C23H19FN4O5. The van der Waals surface area contributed by atoms with Gasteiger partial charge in [0.1, 0.15) is 19.0 Å². The van der Waals surface area contributed by atoms with Gasteiger partial charge in [0.05, 0.1) is 11.1 Å². The second-order valence-electron chi connectivity index (χ2n) is 7.49. The molecule has 0 aliphatic carbocycles. The predicted molar refractivity (Wildman–Crippen MR) is 112 cm³/mol. The van der Waals surface area contributed by atoms with E-state index in [1.54, 1.807) is 60.7 Å². The molecule has 5 rings (SSSR count). The minimum absolute atomic E-state index is 0.271. The van der Waals surface area contributed by atoms with Crippen LogP contribution >= 0.6 is 0 Å². The fourth-order valence-corrected chi connectivity index (χ4v) is 3.72. The second-order valence-corrected chi connectivity index (χ2v) is 7.49. The quantitative estimate of drug-likeness (QED) is 0.573. The van der Waals surface area contributed by atoms with Gasteiger partial charge in [-0.05, 0) is 24.3 Å². The molecule has 5 unspecified atom stereocenters. The summed E-state index contributed by atoms with van der Waals surface area (Å²) in [6, 6.07) is 16.6. The first kappa shape index (κ1) is 21.0. The third-order valence-corrected chi connectivity index (χ3v) is 5.38. The minimum atomic E-state index is -1.74. The van der Waals surface area contributed by atoms with E-state index < -0.39 is 36.5 Å². The van der Waals surface area contributed by atoms with E-state index in [1.807, 2.05) is 0 Å². The number of ether oxygens (including phenoxy) is 3. The Morgan fingerprint density at radius 1 is 1.03 bits per heavy atom. The van der Waals surface area contributed by atoms with E-state index in [1.165, 1.54) is 12.5 Å². The van der Waals surface area contributed by atoms with Crippen LogP contribution in [0.1, 0.15) is 20.7 Å². The number of benzene rings is 2. The first-order valence-corrected chi connectivity index (χ1v) is 10.3. The zero-order chi connectivity index (χ0) is 22.8. The number of nitrogens with one attached hydrogen (secondary N) is 1. The SMILES string of the molecule is O=C(OCC1OC([NH+]2[N-]c3cncnc32)C(F)C1OC(=O)c1ccccc1)c1ccccc1. The van der Waals surface area contributed by atoms with Crippen molar-refractivity contribution < 1.29 is 33.2 Å². The van der Waals surface area contributed by atoms with Crippen LogP contribution in [0.3, 0.4) is 0 Å². The van der Waals surface area contributed by atoms with Crippen molar-refractivity contribution in [1.82, 2.24) is 9.97 Å². The number of hydrogen-bond acceptors (Lipinski definition) is 7. The summed E-state index contributed by atoms with van der Waals surface area (Å²) in [6.07, 6.45) is -2.35. The number of halogens is 1. The largest absolute Gasteiger partial charge is 0.472 e. The van der Waals surface area contributed by atoms with Gasteiger partial charge in [-0.25, -0.2) is 19.0 Å². The van der Waals surface area contributed by atoms with E-state index in [9.17, 15) is 9.59 Å². The van der Waals surface area contributed by atoms with Crippen LogP contribution < -0.4 is 5.01 Å². The zero-order valence-corrected chi connectivity index (χ0v) is 17.2. The highest BCUT2D eigenvalue weighted by Crippen LogP contribution is 2.33. The highest BCUT2D eigenvalue weighted by Gasteiger charge is 2.54. The minimum Gasteiger partial charge on any atom is -0.472 e. The first-order chi connectivity index (χ1) is 16.1. The molecule has 2 aromatic carbocycles. The van der Waals surface area contributed by atoms with Gasteiger partial charge in [0, 0.05) is 11.9 Å². The highest BCUT2D eigenvalue weighted by atomic mass is 19.1. The number of esters is 2. The molecule has 9 nitrogen and oxygen atoms in total. The van der Waals surface area contributed by atoms with Gasteiger partial charge in [-0.15, -0.1) is 0 Å². The van der Waals surface area contributed by atoms with E-state index in [4.69, 9.17) is 14.2 Å². The van der Waals surface area contributed by atoms with Crippen molar-refractivity contribution in [2.45, 2.75) is 24.6 Å². The topological polar surface area (TPSA) is 106 Å². The lowest BCUT2D eigenvalue weighted by Crippen LogP contribution is -3.12. The van der Waals surface area contributed by atoms with Gasteiger partial charge >= 0.3 is 11.9 Å². The summed E-state index contributed by atoms with van der Waals surface area (Å²) in [6.45, 7) is -0.304. The number of fused-ring (bicyclic) bond motifs is 1. The summed E-state index contributed by atoms with van der Waals surface area (Å²) in [4.78, 5) is 33.0. The average Bonchev–Trinajstić information content (AvgIpc) is 3.14. The molecule has 2 aliphatic heterocycles. The van der Waals surface area contributed by atoms with E-state index in [0.717, 1.165) is 0 Å². The van der Waals surface area contributed by atoms with Gasteiger partial charge in [-0.3, -0.25) is 0 Å². The van der Waals surface area contributed by atoms with Crippen LogP contribution in [0.4, 0.5) is 15.9 Å². The summed E-state index contributed by atoms with van der Waals surface area (Å²) < 4.78 is 32.2. The zero-order valence-electron chi connectivity index (χ0n) is 17.2. The van der Waals surface area contributed by atoms with Crippen molar-refractivity contribution in [3.8, 4) is 0 Å². The lowest BCUT2D eigenvalue weighted by Gasteiger charge is -2.44. The van der Waals surface area contributed by atoms with Crippen LogP contribution in [0, 0.1) is 0 Å². The molecule has 3 heterocycles. The molecule has 3 aromatic rings. The molecule has 5 atom stereocenters. The summed E-state index contributed by atoms with van der Waals surface area (Å²) in [5.41, 5.74) is 5.39. The molecule has 33 heavy (non-hydrogen) atoms. The van der Waals surface area contributed by atoms with Crippen LogP contribution in [-0.4, -0.2) is 53.1 Å². The molecule has 168 valence electrons. The molecule has 2 aliphatic rings. The Bertz CT molecular complexity index is 1150. The summed E-state index contributed by atoms with van der Waals surface area (Å²) in [5.74, 6) is -0.817. The van der Waals surface area contributed by atoms with E-state index in [2.05, 4.69) is 15.4 Å². The summed E-state index contributed by atoms with van der Waals surface area (Å²) >= 11 is 0. The monoisotopic (exact) mass is 450 g/mol. The summed E-state index contributed by atoms with van der Waals surface area (Å²) in [5, 5.41) is 0.303. The Kier molecular flexibility index (Phi) is 5.68. The number of quaternary nitrogens is 1. The number of aromatic nitrogens is 2. The Labute approximate surface area is 188 Å². The van der Waals surface area contributed by atoms with Crippen molar-refractivity contribution in [3.05, 3.63) is 89.7 Å². The van der Waals surface area contributed by atoms with Crippen molar-refractivity contribution in [2.24, 2.45) is 0 Å². The smallest absolute Gasteiger partial charge is 0.338 e. The maximum atomic E-state index is 15.5. The third-order valence-electron chi connectivity index (χ3n) is 5.38. The van der Waals surface area contributed by atoms with Gasteiger partial charge in [0.25, 0.3) is 0 Å². The lowest BCUT2D eigenvalue weighted by atomic mass is 10.1. The van der Waals surface area contributed by atoms with E-state index in [0.29, 0.717) is 22.1 Å². The van der Waals surface area contributed by atoms with Gasteiger partial charge in [0.2, 0.25) is 18.2 Å². The van der Waals surface area contributed by atoms with Gasteiger partial charge in [-0.2, -0.15) is 4.98 Å². The van der Waals surface area contributed by atoms with Crippen LogP contribution in [0.15, 0.2) is 73.2 Å². The number of carbonyl (C=O) groups excluding carboxylic acids is 2. The Balaban J connectivity index is 1.33. The normalized spacial score (nSPS) is 25.3.